The second-order valence-electron chi connectivity index (χ2n) is 3.95. The van der Waals surface area contributed by atoms with Crippen LogP contribution in [0.1, 0.15) is 16.1 Å². The zero-order valence-electron chi connectivity index (χ0n) is 11.0. The van der Waals surface area contributed by atoms with Gasteiger partial charge in [0.2, 0.25) is 0 Å². The highest BCUT2D eigenvalue weighted by Crippen LogP contribution is 2.26. The average Bonchev–Trinajstić information content (AvgIpc) is 2.84. The fourth-order valence-electron chi connectivity index (χ4n) is 1.70. The zero-order chi connectivity index (χ0) is 13.8. The van der Waals surface area contributed by atoms with E-state index in [4.69, 9.17) is 13.9 Å². The van der Waals surface area contributed by atoms with Gasteiger partial charge in [-0.25, -0.2) is 0 Å². The molecule has 0 spiro atoms. The standard InChI is InChI=1S/C14H15NO4/c1-9-13(4-5-19-9)14(16)15-10-6-11(17-2)8-12(7-10)18-3/h4-8H,1-3H3,(H,15,16). The summed E-state index contributed by atoms with van der Waals surface area (Å²) in [7, 11) is 3.11. The number of carbonyl (C=O) groups excluding carboxylic acids is 1. The van der Waals surface area contributed by atoms with Crippen molar-refractivity contribution in [1.29, 1.82) is 0 Å². The maximum Gasteiger partial charge on any atom is 0.259 e. The predicted octanol–water partition coefficient (Wildman–Crippen LogP) is 2.86. The molecule has 1 aromatic carbocycles. The third-order valence-electron chi connectivity index (χ3n) is 2.71. The fourth-order valence-corrected chi connectivity index (χ4v) is 1.70. The molecule has 0 bridgehead atoms. The maximum absolute atomic E-state index is 12.0. The molecule has 0 aliphatic carbocycles. The fraction of sp³-hybridized carbons (Fsp3) is 0.214. The van der Waals surface area contributed by atoms with Crippen LogP contribution in [0.25, 0.3) is 0 Å². The minimum absolute atomic E-state index is 0.235. The molecule has 2 aromatic rings. The summed E-state index contributed by atoms with van der Waals surface area (Å²) in [5.74, 6) is 1.56. The Kier molecular flexibility index (Phi) is 3.75. The van der Waals surface area contributed by atoms with E-state index < -0.39 is 0 Å². The number of carbonyl (C=O) groups is 1. The number of hydrogen-bond acceptors (Lipinski definition) is 4. The lowest BCUT2D eigenvalue weighted by molar-refractivity contribution is 0.102. The molecule has 0 radical (unpaired) electrons. The minimum Gasteiger partial charge on any atom is -0.497 e. The lowest BCUT2D eigenvalue weighted by atomic mass is 10.2. The number of aryl methyl sites for hydroxylation is 1. The minimum atomic E-state index is -0.235. The average molecular weight is 261 g/mol. The number of benzene rings is 1. The molecule has 1 amide bonds. The lowest BCUT2D eigenvalue weighted by Gasteiger charge is -2.09. The van der Waals surface area contributed by atoms with Crippen LogP contribution in [0, 0.1) is 6.92 Å². The van der Waals surface area contributed by atoms with Crippen molar-refractivity contribution >= 4 is 11.6 Å². The van der Waals surface area contributed by atoms with Crippen LogP contribution >= 0.6 is 0 Å². The Balaban J connectivity index is 2.23. The number of hydrogen-bond donors (Lipinski definition) is 1. The molecule has 0 atom stereocenters. The quantitative estimate of drug-likeness (QED) is 0.919. The van der Waals surface area contributed by atoms with Gasteiger partial charge < -0.3 is 19.2 Å². The van der Waals surface area contributed by atoms with E-state index in [0.29, 0.717) is 28.5 Å². The first-order valence-corrected chi connectivity index (χ1v) is 5.72. The van der Waals surface area contributed by atoms with Crippen LogP contribution in [-0.2, 0) is 0 Å². The largest absolute Gasteiger partial charge is 0.497 e. The molecular weight excluding hydrogens is 246 g/mol. The number of amides is 1. The van der Waals surface area contributed by atoms with Gasteiger partial charge >= 0.3 is 0 Å². The molecule has 0 aliphatic rings. The molecule has 0 aliphatic heterocycles. The van der Waals surface area contributed by atoms with Gasteiger partial charge in [0.05, 0.1) is 26.0 Å². The van der Waals surface area contributed by atoms with Gasteiger partial charge in [-0.15, -0.1) is 0 Å². The molecule has 100 valence electrons. The summed E-state index contributed by atoms with van der Waals surface area (Å²) in [5.41, 5.74) is 1.10. The third-order valence-corrected chi connectivity index (χ3v) is 2.71. The molecule has 1 aromatic heterocycles. The third kappa shape index (κ3) is 2.88. The molecule has 0 saturated heterocycles. The van der Waals surface area contributed by atoms with Crippen LogP contribution in [-0.4, -0.2) is 20.1 Å². The van der Waals surface area contributed by atoms with Gasteiger partial charge in [0.15, 0.2) is 0 Å². The van der Waals surface area contributed by atoms with Crippen molar-refractivity contribution in [3.63, 3.8) is 0 Å². The monoisotopic (exact) mass is 261 g/mol. The van der Waals surface area contributed by atoms with Crippen molar-refractivity contribution in [1.82, 2.24) is 0 Å². The van der Waals surface area contributed by atoms with Crippen molar-refractivity contribution in [2.45, 2.75) is 6.92 Å². The number of rotatable bonds is 4. The van der Waals surface area contributed by atoms with Crippen molar-refractivity contribution in [3.05, 3.63) is 41.9 Å². The molecule has 0 unspecified atom stereocenters. The molecular formula is C14H15NO4. The molecule has 19 heavy (non-hydrogen) atoms. The summed E-state index contributed by atoms with van der Waals surface area (Å²) in [6, 6.07) is 6.80. The normalized spacial score (nSPS) is 10.1. The number of anilines is 1. The van der Waals surface area contributed by atoms with Crippen LogP contribution in [0.3, 0.4) is 0 Å². The topological polar surface area (TPSA) is 60.7 Å². The summed E-state index contributed by atoms with van der Waals surface area (Å²) in [5, 5.41) is 2.78. The summed E-state index contributed by atoms with van der Waals surface area (Å²) < 4.78 is 15.4. The van der Waals surface area contributed by atoms with Gasteiger partial charge in [0.1, 0.15) is 17.3 Å². The van der Waals surface area contributed by atoms with Crippen LogP contribution in [0.15, 0.2) is 34.9 Å². The van der Waals surface area contributed by atoms with Crippen LogP contribution in [0.4, 0.5) is 5.69 Å². The Labute approximate surface area is 111 Å². The van der Waals surface area contributed by atoms with Crippen LogP contribution < -0.4 is 14.8 Å². The molecule has 0 fully saturated rings. The van der Waals surface area contributed by atoms with E-state index in [9.17, 15) is 4.79 Å². The summed E-state index contributed by atoms with van der Waals surface area (Å²) in [4.78, 5) is 12.0. The second kappa shape index (κ2) is 5.48. The summed E-state index contributed by atoms with van der Waals surface area (Å²) >= 11 is 0. The van der Waals surface area contributed by atoms with E-state index in [0.717, 1.165) is 0 Å². The second-order valence-corrected chi connectivity index (χ2v) is 3.95. The first kappa shape index (κ1) is 13.0. The van der Waals surface area contributed by atoms with E-state index in [1.165, 1.54) is 6.26 Å². The number of methoxy groups -OCH3 is 2. The Hall–Kier alpha value is -2.43. The molecule has 1 N–H and O–H groups in total. The van der Waals surface area contributed by atoms with Crippen molar-refractivity contribution in [3.8, 4) is 11.5 Å². The Bertz CT molecular complexity index is 567. The summed E-state index contributed by atoms with van der Waals surface area (Å²) in [6.07, 6.45) is 1.48. The van der Waals surface area contributed by atoms with Crippen molar-refractivity contribution in [2.24, 2.45) is 0 Å². The Morgan fingerprint density at radius 1 is 1.16 bits per heavy atom. The molecule has 1 heterocycles. The summed E-state index contributed by atoms with van der Waals surface area (Å²) in [6.45, 7) is 1.74. The lowest BCUT2D eigenvalue weighted by Crippen LogP contribution is -2.12. The number of ether oxygens (including phenoxy) is 2. The number of furan rings is 1. The highest BCUT2D eigenvalue weighted by Gasteiger charge is 2.12. The SMILES string of the molecule is COc1cc(NC(=O)c2ccoc2C)cc(OC)c1. The van der Waals surface area contributed by atoms with Crippen LogP contribution in [0.2, 0.25) is 0 Å². The molecule has 2 rings (SSSR count). The van der Waals surface area contributed by atoms with Gasteiger partial charge in [-0.1, -0.05) is 0 Å². The van der Waals surface area contributed by atoms with Gasteiger partial charge in [-0.3, -0.25) is 4.79 Å². The van der Waals surface area contributed by atoms with Crippen LogP contribution in [0.5, 0.6) is 11.5 Å². The highest BCUT2D eigenvalue weighted by molar-refractivity contribution is 6.05. The van der Waals surface area contributed by atoms with Gasteiger partial charge in [0, 0.05) is 23.9 Å². The zero-order valence-corrected chi connectivity index (χ0v) is 11.0. The Morgan fingerprint density at radius 3 is 2.26 bits per heavy atom. The first-order chi connectivity index (χ1) is 9.13. The maximum atomic E-state index is 12.0. The highest BCUT2D eigenvalue weighted by atomic mass is 16.5. The predicted molar refractivity (Wildman–Crippen MR) is 70.9 cm³/mol. The van der Waals surface area contributed by atoms with Gasteiger partial charge in [-0.05, 0) is 13.0 Å². The van der Waals surface area contributed by atoms with Crippen molar-refractivity contribution < 1.29 is 18.7 Å². The van der Waals surface area contributed by atoms with E-state index >= 15 is 0 Å². The number of nitrogens with one attached hydrogen (secondary N) is 1. The Morgan fingerprint density at radius 2 is 1.79 bits per heavy atom. The van der Waals surface area contributed by atoms with Crippen molar-refractivity contribution in [2.75, 3.05) is 19.5 Å². The van der Waals surface area contributed by atoms with E-state index in [-0.39, 0.29) is 5.91 Å². The molecule has 5 nitrogen and oxygen atoms in total. The van der Waals surface area contributed by atoms with E-state index in [2.05, 4.69) is 5.32 Å². The first-order valence-electron chi connectivity index (χ1n) is 5.72. The molecule has 5 heteroatoms. The molecule has 0 saturated carbocycles. The van der Waals surface area contributed by atoms with E-state index in [1.807, 2.05) is 0 Å². The van der Waals surface area contributed by atoms with Gasteiger partial charge in [0.25, 0.3) is 5.91 Å². The van der Waals surface area contributed by atoms with Gasteiger partial charge in [-0.2, -0.15) is 0 Å². The van der Waals surface area contributed by atoms with E-state index in [1.54, 1.807) is 45.4 Å². The smallest absolute Gasteiger partial charge is 0.259 e.